The molecule has 0 spiro atoms. The summed E-state index contributed by atoms with van der Waals surface area (Å²) in [6, 6.07) is 6.57. The Balaban J connectivity index is 1.49. The van der Waals surface area contributed by atoms with Gasteiger partial charge in [0, 0.05) is 13.1 Å². The summed E-state index contributed by atoms with van der Waals surface area (Å²) in [6.45, 7) is 5.14. The van der Waals surface area contributed by atoms with E-state index < -0.39 is 17.7 Å². The first kappa shape index (κ1) is 18.1. The van der Waals surface area contributed by atoms with Crippen LogP contribution in [0.3, 0.4) is 0 Å². The molecule has 8 heteroatoms. The number of amides is 3. The number of nitrogens with zero attached hydrogens (tertiary/aromatic N) is 4. The van der Waals surface area contributed by atoms with Crippen LogP contribution >= 0.6 is 0 Å². The number of aromatic nitrogens is 2. The second kappa shape index (κ2) is 7.03. The molecule has 0 aliphatic carbocycles. The first-order valence-electron chi connectivity index (χ1n) is 9.31. The quantitative estimate of drug-likeness (QED) is 0.816. The average Bonchev–Trinajstić information content (AvgIpc) is 3.29. The highest BCUT2D eigenvalue weighted by Gasteiger charge is 2.36. The molecule has 2 aliphatic rings. The van der Waals surface area contributed by atoms with E-state index in [1.165, 1.54) is 0 Å². The Labute approximate surface area is 162 Å². The highest BCUT2D eigenvalue weighted by atomic mass is 16.2. The number of hydrogen-bond donors (Lipinski definition) is 1. The van der Waals surface area contributed by atoms with Crippen LogP contribution in [0.5, 0.6) is 0 Å². The number of benzene rings is 1. The Morgan fingerprint density at radius 1 is 1.00 bits per heavy atom. The monoisotopic (exact) mass is 379 g/mol. The molecule has 1 aromatic heterocycles. The molecule has 1 aromatic carbocycles. The summed E-state index contributed by atoms with van der Waals surface area (Å²) in [5.41, 5.74) is 2.48. The van der Waals surface area contributed by atoms with Crippen molar-refractivity contribution >= 4 is 29.4 Å². The topological polar surface area (TPSA) is 95.5 Å². The van der Waals surface area contributed by atoms with Crippen molar-refractivity contribution in [3.63, 3.8) is 0 Å². The number of imide groups is 1. The Hall–Kier alpha value is -3.29. The molecule has 1 saturated heterocycles. The minimum absolute atomic E-state index is 0.325. The molecule has 1 N–H and O–H groups in total. The van der Waals surface area contributed by atoms with Gasteiger partial charge < -0.3 is 10.2 Å². The van der Waals surface area contributed by atoms with Gasteiger partial charge in [0.2, 0.25) is 11.9 Å². The number of nitrogens with one attached hydrogen (secondary N) is 1. The number of carbonyl (C=O) groups excluding carboxylic acids is 3. The van der Waals surface area contributed by atoms with Crippen molar-refractivity contribution in [2.45, 2.75) is 26.7 Å². The first-order valence-corrected chi connectivity index (χ1v) is 9.31. The maximum absolute atomic E-state index is 12.5. The van der Waals surface area contributed by atoms with Gasteiger partial charge in [-0.05, 0) is 38.8 Å². The van der Waals surface area contributed by atoms with E-state index >= 15 is 0 Å². The number of fused-ring (bicyclic) bond motifs is 1. The molecule has 144 valence electrons. The normalized spacial score (nSPS) is 15.9. The van der Waals surface area contributed by atoms with Crippen LogP contribution < -0.4 is 10.2 Å². The minimum atomic E-state index is -0.460. The molecule has 2 aliphatic heterocycles. The van der Waals surface area contributed by atoms with Gasteiger partial charge in [-0.2, -0.15) is 0 Å². The number of aryl methyl sites for hydroxylation is 2. The van der Waals surface area contributed by atoms with Gasteiger partial charge in [0.05, 0.1) is 28.2 Å². The summed E-state index contributed by atoms with van der Waals surface area (Å²) in [6.07, 6.45) is 2.25. The van der Waals surface area contributed by atoms with Crippen molar-refractivity contribution < 1.29 is 14.4 Å². The predicted molar refractivity (Wildman–Crippen MR) is 103 cm³/mol. The van der Waals surface area contributed by atoms with E-state index in [1.54, 1.807) is 24.3 Å². The van der Waals surface area contributed by atoms with Crippen molar-refractivity contribution in [3.05, 3.63) is 46.8 Å². The fraction of sp³-hybridized carbons (Fsp3) is 0.350. The summed E-state index contributed by atoms with van der Waals surface area (Å²) < 4.78 is 0. The molecule has 3 amide bonds. The zero-order valence-corrected chi connectivity index (χ0v) is 15.9. The number of rotatable bonds is 4. The maximum Gasteiger partial charge on any atom is 0.262 e. The zero-order chi connectivity index (χ0) is 19.8. The number of carbonyl (C=O) groups is 3. The third kappa shape index (κ3) is 3.11. The van der Waals surface area contributed by atoms with Gasteiger partial charge >= 0.3 is 0 Å². The van der Waals surface area contributed by atoms with E-state index in [2.05, 4.69) is 20.2 Å². The van der Waals surface area contributed by atoms with Gasteiger partial charge in [-0.1, -0.05) is 12.1 Å². The third-order valence-corrected chi connectivity index (χ3v) is 5.09. The van der Waals surface area contributed by atoms with Crippen molar-refractivity contribution in [2.75, 3.05) is 29.9 Å². The van der Waals surface area contributed by atoms with Crippen LogP contribution in [0.25, 0.3) is 0 Å². The first-order chi connectivity index (χ1) is 13.5. The lowest BCUT2D eigenvalue weighted by Gasteiger charge is -2.19. The lowest BCUT2D eigenvalue weighted by Crippen LogP contribution is -2.37. The number of hydrogen-bond acceptors (Lipinski definition) is 6. The second-order valence-corrected chi connectivity index (χ2v) is 7.05. The third-order valence-electron chi connectivity index (χ3n) is 5.09. The van der Waals surface area contributed by atoms with E-state index in [0.717, 1.165) is 30.8 Å². The van der Waals surface area contributed by atoms with Crippen LogP contribution in [0.4, 0.5) is 11.6 Å². The van der Waals surface area contributed by atoms with Crippen LogP contribution in [0.15, 0.2) is 24.3 Å². The second-order valence-electron chi connectivity index (χ2n) is 7.05. The summed E-state index contributed by atoms with van der Waals surface area (Å²) >= 11 is 0. The highest BCUT2D eigenvalue weighted by molar-refractivity contribution is 6.22. The van der Waals surface area contributed by atoms with E-state index in [-0.39, 0.29) is 6.54 Å². The highest BCUT2D eigenvalue weighted by Crippen LogP contribution is 2.24. The van der Waals surface area contributed by atoms with E-state index in [1.807, 2.05) is 13.8 Å². The van der Waals surface area contributed by atoms with Gasteiger partial charge in [0.25, 0.3) is 11.8 Å². The van der Waals surface area contributed by atoms with Gasteiger partial charge in [-0.25, -0.2) is 9.97 Å². The van der Waals surface area contributed by atoms with Crippen LogP contribution in [0.1, 0.15) is 44.9 Å². The average molecular weight is 379 g/mol. The molecule has 28 heavy (non-hydrogen) atoms. The van der Waals surface area contributed by atoms with E-state index in [4.69, 9.17) is 0 Å². The van der Waals surface area contributed by atoms with Gasteiger partial charge in [-0.15, -0.1) is 0 Å². The fourth-order valence-electron chi connectivity index (χ4n) is 3.64. The molecular weight excluding hydrogens is 358 g/mol. The van der Waals surface area contributed by atoms with Crippen molar-refractivity contribution in [1.29, 1.82) is 0 Å². The van der Waals surface area contributed by atoms with E-state index in [9.17, 15) is 14.4 Å². The smallest absolute Gasteiger partial charge is 0.262 e. The number of anilines is 2. The molecule has 0 saturated carbocycles. The van der Waals surface area contributed by atoms with Crippen LogP contribution in [0.2, 0.25) is 0 Å². The van der Waals surface area contributed by atoms with Gasteiger partial charge in [0.1, 0.15) is 6.54 Å². The van der Waals surface area contributed by atoms with E-state index in [0.29, 0.717) is 34.2 Å². The summed E-state index contributed by atoms with van der Waals surface area (Å²) in [4.78, 5) is 49.5. The van der Waals surface area contributed by atoms with Crippen LogP contribution in [-0.2, 0) is 4.79 Å². The molecule has 8 nitrogen and oxygen atoms in total. The summed E-state index contributed by atoms with van der Waals surface area (Å²) in [5.74, 6) is -0.696. The zero-order valence-electron chi connectivity index (χ0n) is 15.9. The summed E-state index contributed by atoms with van der Waals surface area (Å²) in [5, 5.41) is 2.76. The molecule has 0 unspecified atom stereocenters. The molecule has 0 atom stereocenters. The molecule has 0 bridgehead atoms. The van der Waals surface area contributed by atoms with Crippen molar-refractivity contribution in [1.82, 2.24) is 14.9 Å². The molecule has 0 radical (unpaired) electrons. The van der Waals surface area contributed by atoms with Gasteiger partial charge in [-0.3, -0.25) is 19.3 Å². The maximum atomic E-state index is 12.5. The van der Waals surface area contributed by atoms with Crippen molar-refractivity contribution in [3.8, 4) is 0 Å². The Bertz CT molecular complexity index is 924. The Kier molecular flexibility index (Phi) is 4.54. The summed E-state index contributed by atoms with van der Waals surface area (Å²) in [7, 11) is 0. The molecule has 3 heterocycles. The molecule has 1 fully saturated rings. The fourth-order valence-corrected chi connectivity index (χ4v) is 3.64. The Morgan fingerprint density at radius 2 is 1.54 bits per heavy atom. The molecule has 2 aromatic rings. The van der Waals surface area contributed by atoms with Crippen LogP contribution in [0, 0.1) is 13.8 Å². The Morgan fingerprint density at radius 3 is 2.07 bits per heavy atom. The predicted octanol–water partition coefficient (Wildman–Crippen LogP) is 1.93. The lowest BCUT2D eigenvalue weighted by atomic mass is 10.1. The SMILES string of the molecule is Cc1nc(N2CCCC2)nc(C)c1NC(=O)CN1C(=O)c2ccccc2C1=O. The standard InChI is InChI=1S/C20H21N5O3/c1-12-17(13(2)22-20(21-12)24-9-5-6-10-24)23-16(26)11-25-18(27)14-7-3-4-8-15(14)19(25)28/h3-4,7-8H,5-6,9-11H2,1-2H3,(H,23,26). The lowest BCUT2D eigenvalue weighted by molar-refractivity contribution is -0.116. The van der Waals surface area contributed by atoms with Crippen LogP contribution in [-0.4, -0.2) is 52.2 Å². The largest absolute Gasteiger partial charge is 0.341 e. The van der Waals surface area contributed by atoms with Crippen molar-refractivity contribution in [2.24, 2.45) is 0 Å². The molecular formula is C20H21N5O3. The minimum Gasteiger partial charge on any atom is -0.341 e. The molecule has 4 rings (SSSR count). The van der Waals surface area contributed by atoms with Gasteiger partial charge in [0.15, 0.2) is 0 Å².